The van der Waals surface area contributed by atoms with Gasteiger partial charge in [-0.25, -0.2) is 4.39 Å². The van der Waals surface area contributed by atoms with E-state index in [-0.39, 0.29) is 17.1 Å². The van der Waals surface area contributed by atoms with Crippen LogP contribution in [0.2, 0.25) is 0 Å². The van der Waals surface area contributed by atoms with Gasteiger partial charge in [0.05, 0.1) is 11.3 Å². The Labute approximate surface area is 156 Å². The van der Waals surface area contributed by atoms with Crippen LogP contribution in [0.5, 0.6) is 0 Å². The van der Waals surface area contributed by atoms with Gasteiger partial charge in [0, 0.05) is 10.3 Å². The number of rotatable bonds is 4. The second-order valence-electron chi connectivity index (χ2n) is 5.70. The van der Waals surface area contributed by atoms with Crippen LogP contribution in [0, 0.1) is 5.82 Å². The minimum Gasteiger partial charge on any atom is -0.364 e. The van der Waals surface area contributed by atoms with Crippen LogP contribution in [-0.4, -0.2) is 34.0 Å². The number of thiophene rings is 1. The van der Waals surface area contributed by atoms with Crippen molar-refractivity contribution in [1.82, 2.24) is 10.2 Å². The lowest BCUT2D eigenvalue weighted by atomic mass is 10.1. The Morgan fingerprint density at radius 1 is 1.35 bits per heavy atom. The number of primary amides is 1. The van der Waals surface area contributed by atoms with Crippen LogP contribution in [0.15, 0.2) is 30.3 Å². The summed E-state index contributed by atoms with van der Waals surface area (Å²) in [5, 5.41) is 12.0. The third-order valence-corrected chi connectivity index (χ3v) is 6.15. The van der Waals surface area contributed by atoms with Gasteiger partial charge in [0.15, 0.2) is 17.1 Å². The predicted octanol–water partition coefficient (Wildman–Crippen LogP) is 3.45. The van der Waals surface area contributed by atoms with Crippen molar-refractivity contribution in [2.75, 3.05) is 17.7 Å². The summed E-state index contributed by atoms with van der Waals surface area (Å²) < 4.78 is 19.9. The molecule has 1 unspecified atom stereocenters. The molecule has 3 heterocycles. The molecule has 0 saturated carbocycles. The molecule has 1 atom stereocenters. The number of ether oxygens (including phenoxy) is 1. The first-order valence-corrected chi connectivity index (χ1v) is 9.84. The average molecular weight is 390 g/mol. The van der Waals surface area contributed by atoms with Crippen LogP contribution in [0.1, 0.15) is 16.9 Å². The number of aromatic nitrogens is 2. The molecule has 134 valence electrons. The summed E-state index contributed by atoms with van der Waals surface area (Å²) >= 11 is 2.98. The number of carbonyl (C=O) groups excluding carboxylic acids is 1. The van der Waals surface area contributed by atoms with E-state index in [9.17, 15) is 9.18 Å². The summed E-state index contributed by atoms with van der Waals surface area (Å²) in [5.41, 5.74) is 6.04. The number of thioether (sulfide) groups is 1. The molecule has 1 aliphatic rings. The Balaban J connectivity index is 1.80. The summed E-state index contributed by atoms with van der Waals surface area (Å²) in [7, 11) is 0. The van der Waals surface area contributed by atoms with E-state index in [0.717, 1.165) is 22.6 Å². The molecular formula is C17H15FN4O2S2. The fraction of sp³-hybridized carbons (Fsp3) is 0.235. The van der Waals surface area contributed by atoms with Crippen LogP contribution >= 0.6 is 23.1 Å². The van der Waals surface area contributed by atoms with Gasteiger partial charge >= 0.3 is 0 Å². The Hall–Kier alpha value is -2.23. The van der Waals surface area contributed by atoms with Gasteiger partial charge in [-0.1, -0.05) is 12.1 Å². The number of nitrogens with one attached hydrogen (secondary N) is 1. The lowest BCUT2D eigenvalue weighted by Gasteiger charge is -2.23. The minimum absolute atomic E-state index is 0.107. The molecule has 0 radical (unpaired) electrons. The smallest absolute Gasteiger partial charge is 0.270 e. The molecule has 3 aromatic rings. The van der Waals surface area contributed by atoms with Gasteiger partial charge in [-0.15, -0.1) is 33.3 Å². The Morgan fingerprint density at radius 3 is 2.96 bits per heavy atom. The van der Waals surface area contributed by atoms with E-state index in [2.05, 4.69) is 15.5 Å². The molecule has 6 nitrogen and oxygen atoms in total. The number of anilines is 1. The van der Waals surface area contributed by atoms with E-state index >= 15 is 0 Å². The van der Waals surface area contributed by atoms with Crippen LogP contribution < -0.4 is 11.1 Å². The monoisotopic (exact) mass is 390 g/mol. The maximum Gasteiger partial charge on any atom is 0.270 e. The van der Waals surface area contributed by atoms with Gasteiger partial charge in [0.2, 0.25) is 0 Å². The van der Waals surface area contributed by atoms with E-state index in [0.29, 0.717) is 22.5 Å². The van der Waals surface area contributed by atoms with Gasteiger partial charge in [0.25, 0.3) is 5.91 Å². The van der Waals surface area contributed by atoms with Crippen molar-refractivity contribution in [3.63, 3.8) is 0 Å². The number of nitrogens with zero attached hydrogens (tertiary/aromatic N) is 2. The lowest BCUT2D eigenvalue weighted by Crippen LogP contribution is -2.25. The van der Waals surface area contributed by atoms with Gasteiger partial charge < -0.3 is 15.8 Å². The SMILES string of the molecule is NC(=O)c1nnc(NC2OCCCS2)c2cc(-c3cccc(F)c3)sc12. The van der Waals surface area contributed by atoms with E-state index in [1.807, 2.05) is 12.1 Å². The maximum absolute atomic E-state index is 13.6. The van der Waals surface area contributed by atoms with Crippen LogP contribution in [0.4, 0.5) is 10.2 Å². The number of carbonyl (C=O) groups is 1. The fourth-order valence-corrected chi connectivity index (χ4v) is 4.71. The first-order chi connectivity index (χ1) is 12.6. The predicted molar refractivity (Wildman–Crippen MR) is 102 cm³/mol. The molecule has 1 amide bonds. The molecular weight excluding hydrogens is 375 g/mol. The van der Waals surface area contributed by atoms with Crippen LogP contribution in [0.3, 0.4) is 0 Å². The van der Waals surface area contributed by atoms with Gasteiger partial charge in [-0.2, -0.15) is 0 Å². The topological polar surface area (TPSA) is 90.1 Å². The highest BCUT2D eigenvalue weighted by Gasteiger charge is 2.21. The number of benzene rings is 1. The fourth-order valence-electron chi connectivity index (χ4n) is 2.68. The standard InChI is InChI=1S/C17H15FN4O2S2/c18-10-4-1-3-9(7-10)12-8-11-14(26-12)13(15(19)23)21-22-16(11)20-17-24-5-2-6-25-17/h1,3-4,7-8,17H,2,5-6H2,(H2,19,23)(H,20,22). The Kier molecular flexibility index (Phi) is 4.75. The Bertz CT molecular complexity index is 973. The first-order valence-electron chi connectivity index (χ1n) is 7.97. The van der Waals surface area contributed by atoms with Crippen LogP contribution in [-0.2, 0) is 4.74 Å². The molecule has 0 bridgehead atoms. The summed E-state index contributed by atoms with van der Waals surface area (Å²) in [4.78, 5) is 12.5. The quantitative estimate of drug-likeness (QED) is 0.709. The van der Waals surface area contributed by atoms with Crippen molar-refractivity contribution >= 4 is 44.9 Å². The van der Waals surface area contributed by atoms with Crippen LogP contribution in [0.25, 0.3) is 20.5 Å². The second-order valence-corrected chi connectivity index (χ2v) is 7.92. The van der Waals surface area contributed by atoms with E-state index < -0.39 is 5.91 Å². The van der Waals surface area contributed by atoms with Gasteiger partial charge in [0.1, 0.15) is 5.82 Å². The largest absolute Gasteiger partial charge is 0.364 e. The van der Waals surface area contributed by atoms with E-state index in [4.69, 9.17) is 10.5 Å². The van der Waals surface area contributed by atoms with Gasteiger partial charge in [-0.05, 0) is 35.9 Å². The first kappa shape index (κ1) is 17.2. The third-order valence-electron chi connectivity index (χ3n) is 3.88. The summed E-state index contributed by atoms with van der Waals surface area (Å²) in [6.45, 7) is 0.679. The zero-order valence-corrected chi connectivity index (χ0v) is 15.2. The number of halogens is 1. The second kappa shape index (κ2) is 7.18. The number of nitrogens with two attached hydrogens (primary N) is 1. The maximum atomic E-state index is 13.6. The molecule has 1 aliphatic heterocycles. The van der Waals surface area contributed by atoms with Crippen molar-refractivity contribution in [3.05, 3.63) is 41.8 Å². The molecule has 1 fully saturated rings. The van der Waals surface area contributed by atoms with Crippen molar-refractivity contribution < 1.29 is 13.9 Å². The van der Waals surface area contributed by atoms with Crippen molar-refractivity contribution in [3.8, 4) is 10.4 Å². The molecule has 9 heteroatoms. The number of amides is 1. The zero-order chi connectivity index (χ0) is 18.1. The van der Waals surface area contributed by atoms with Crippen molar-refractivity contribution in [2.45, 2.75) is 12.0 Å². The lowest BCUT2D eigenvalue weighted by molar-refractivity contribution is 0.0996. The molecule has 1 aromatic carbocycles. The van der Waals surface area contributed by atoms with E-state index in [1.54, 1.807) is 17.8 Å². The molecule has 0 aliphatic carbocycles. The highest BCUT2D eigenvalue weighted by atomic mass is 32.2. The zero-order valence-electron chi connectivity index (χ0n) is 13.6. The molecule has 4 rings (SSSR count). The molecule has 3 N–H and O–H groups in total. The number of hydrogen-bond acceptors (Lipinski definition) is 7. The Morgan fingerprint density at radius 2 is 2.23 bits per heavy atom. The molecule has 2 aromatic heterocycles. The summed E-state index contributed by atoms with van der Waals surface area (Å²) in [6.07, 6.45) is 1.01. The highest BCUT2D eigenvalue weighted by molar-refractivity contribution is 7.99. The third kappa shape index (κ3) is 3.37. The average Bonchev–Trinajstić information content (AvgIpc) is 3.08. The number of hydrogen-bond donors (Lipinski definition) is 2. The van der Waals surface area contributed by atoms with Gasteiger partial charge in [-0.3, -0.25) is 4.79 Å². The highest BCUT2D eigenvalue weighted by Crippen LogP contribution is 2.38. The minimum atomic E-state index is -0.648. The van der Waals surface area contributed by atoms with Crippen molar-refractivity contribution in [2.24, 2.45) is 5.73 Å². The van der Waals surface area contributed by atoms with Crippen molar-refractivity contribution in [1.29, 1.82) is 0 Å². The normalized spacial score (nSPS) is 17.3. The molecule has 26 heavy (non-hydrogen) atoms. The summed E-state index contributed by atoms with van der Waals surface area (Å²) in [5.74, 6) is 0.538. The molecule has 0 spiro atoms. The van der Waals surface area contributed by atoms with E-state index in [1.165, 1.54) is 23.5 Å². The molecule has 1 saturated heterocycles. The number of fused-ring (bicyclic) bond motifs is 1. The summed E-state index contributed by atoms with van der Waals surface area (Å²) in [6, 6.07) is 8.16.